The summed E-state index contributed by atoms with van der Waals surface area (Å²) in [5, 5.41) is 9.99. The predicted octanol–water partition coefficient (Wildman–Crippen LogP) is 5.37. The second kappa shape index (κ2) is 14.4. The highest BCUT2D eigenvalue weighted by molar-refractivity contribution is 8.26. The van der Waals surface area contributed by atoms with Crippen molar-refractivity contribution >= 4 is 51.8 Å². The number of hydrogen-bond donors (Lipinski definition) is 0. The average Bonchev–Trinajstić information content (AvgIpc) is 3.33. The van der Waals surface area contributed by atoms with E-state index in [1.54, 1.807) is 48.8 Å². The molecule has 0 N–H and O–H groups in total. The van der Waals surface area contributed by atoms with Gasteiger partial charge in [0.15, 0.2) is 11.5 Å². The first-order valence-electron chi connectivity index (χ1n) is 15.1. The molecule has 0 bridgehead atoms. The quantitative estimate of drug-likeness (QED) is 0.210. The van der Waals surface area contributed by atoms with Gasteiger partial charge < -0.3 is 19.3 Å². The molecule has 12 heteroatoms. The minimum Gasteiger partial charge on any atom is -0.493 e. The lowest BCUT2D eigenvalue weighted by Gasteiger charge is -2.39. The molecule has 3 aromatic rings. The number of methoxy groups -OCH3 is 2. The summed E-state index contributed by atoms with van der Waals surface area (Å²) in [6.07, 6.45) is 3.04. The summed E-state index contributed by atoms with van der Waals surface area (Å²) >= 11 is 6.87. The molecular formula is C34H36FN5O4S2. The van der Waals surface area contributed by atoms with E-state index >= 15 is 0 Å². The van der Waals surface area contributed by atoms with Crippen molar-refractivity contribution in [3.05, 3.63) is 85.8 Å². The SMILES string of the molecule is CCCn1c(N2CCN(c3ccc(F)cc3)CC2)c(C=C2SC(=S)N(CCc3ccc(OC)c(OC)c3)C2=O)c(C)c(C#N)c1=O. The number of halogens is 1. The number of carbonyl (C=O) groups is 1. The summed E-state index contributed by atoms with van der Waals surface area (Å²) in [4.78, 5) is 33.7. The van der Waals surface area contributed by atoms with E-state index < -0.39 is 0 Å². The first-order chi connectivity index (χ1) is 22.2. The van der Waals surface area contributed by atoms with Crippen LogP contribution in [0.2, 0.25) is 0 Å². The molecule has 1 amide bonds. The molecule has 2 aliphatic rings. The van der Waals surface area contributed by atoms with Gasteiger partial charge >= 0.3 is 0 Å². The molecule has 0 atom stereocenters. The third-order valence-corrected chi connectivity index (χ3v) is 9.66. The van der Waals surface area contributed by atoms with Gasteiger partial charge in [0.1, 0.15) is 27.6 Å². The maximum absolute atomic E-state index is 13.7. The van der Waals surface area contributed by atoms with Crippen molar-refractivity contribution in [2.75, 3.05) is 56.7 Å². The zero-order valence-corrected chi connectivity index (χ0v) is 28.0. The number of nitriles is 1. The lowest BCUT2D eigenvalue weighted by Crippen LogP contribution is -2.48. The molecule has 0 radical (unpaired) electrons. The van der Waals surface area contributed by atoms with Crippen LogP contribution < -0.4 is 24.8 Å². The first kappa shape index (κ1) is 33.0. The molecule has 9 nitrogen and oxygen atoms in total. The van der Waals surface area contributed by atoms with Crippen molar-refractivity contribution < 1.29 is 18.7 Å². The predicted molar refractivity (Wildman–Crippen MR) is 184 cm³/mol. The van der Waals surface area contributed by atoms with Crippen LogP contribution in [-0.2, 0) is 17.8 Å². The Labute approximate surface area is 277 Å². The summed E-state index contributed by atoms with van der Waals surface area (Å²) in [6, 6.07) is 14.2. The zero-order chi connectivity index (χ0) is 33.0. The molecule has 1 aromatic heterocycles. The summed E-state index contributed by atoms with van der Waals surface area (Å²) in [7, 11) is 3.16. The number of benzene rings is 2. The van der Waals surface area contributed by atoms with Gasteiger partial charge in [-0.2, -0.15) is 5.26 Å². The van der Waals surface area contributed by atoms with Gasteiger partial charge in [-0.15, -0.1) is 0 Å². The molecule has 46 heavy (non-hydrogen) atoms. The Bertz CT molecular complexity index is 1780. The van der Waals surface area contributed by atoms with Crippen molar-refractivity contribution in [3.8, 4) is 17.6 Å². The monoisotopic (exact) mass is 661 g/mol. The molecule has 0 spiro atoms. The number of rotatable bonds is 10. The fraction of sp³-hybridized carbons (Fsp3) is 0.353. The largest absolute Gasteiger partial charge is 0.493 e. The zero-order valence-electron chi connectivity index (χ0n) is 26.3. The highest BCUT2D eigenvalue weighted by atomic mass is 32.2. The number of anilines is 2. The van der Waals surface area contributed by atoms with E-state index in [1.165, 1.54) is 23.9 Å². The standard InChI is InChI=1S/C34H36FN5O4S2/c1-5-13-39-31(38-17-15-37(16-18-38)25-9-7-24(35)8-10-25)26(22(2)27(21-36)32(39)41)20-30-33(42)40(34(45)46-30)14-12-23-6-11-28(43-3)29(19-23)44-4/h6-11,19-20H,5,12-18H2,1-4H3. The molecule has 0 aliphatic carbocycles. The molecule has 0 saturated carbocycles. The number of carbonyl (C=O) groups excluding carboxylic acids is 1. The molecule has 3 heterocycles. The third-order valence-electron chi connectivity index (χ3n) is 8.29. The maximum atomic E-state index is 13.7. The molecule has 240 valence electrons. The van der Waals surface area contributed by atoms with Gasteiger partial charge in [-0.25, -0.2) is 4.39 Å². The van der Waals surface area contributed by atoms with Crippen LogP contribution in [0.15, 0.2) is 52.2 Å². The van der Waals surface area contributed by atoms with Gasteiger partial charge in [0, 0.05) is 50.5 Å². The number of aromatic nitrogens is 1. The van der Waals surface area contributed by atoms with Crippen molar-refractivity contribution in [2.45, 2.75) is 33.2 Å². The lowest BCUT2D eigenvalue weighted by atomic mass is 10.0. The second-order valence-corrected chi connectivity index (χ2v) is 12.7. The van der Waals surface area contributed by atoms with E-state index in [0.717, 1.165) is 11.3 Å². The molecule has 2 aromatic carbocycles. The van der Waals surface area contributed by atoms with Crippen LogP contribution in [0.25, 0.3) is 6.08 Å². The Morgan fingerprint density at radius 1 is 1.00 bits per heavy atom. The number of thiocarbonyl (C=S) groups is 1. The summed E-state index contributed by atoms with van der Waals surface area (Å²) in [5.41, 5.74) is 2.83. The van der Waals surface area contributed by atoms with E-state index in [4.69, 9.17) is 21.7 Å². The summed E-state index contributed by atoms with van der Waals surface area (Å²) in [6.45, 7) is 7.06. The van der Waals surface area contributed by atoms with Crippen LogP contribution in [0, 0.1) is 24.1 Å². The summed E-state index contributed by atoms with van der Waals surface area (Å²) < 4.78 is 26.4. The van der Waals surface area contributed by atoms with Crippen LogP contribution in [0.1, 0.15) is 35.6 Å². The topological polar surface area (TPSA) is 91.0 Å². The average molecular weight is 662 g/mol. The van der Waals surface area contributed by atoms with E-state index in [9.17, 15) is 19.2 Å². The van der Waals surface area contributed by atoms with E-state index in [2.05, 4.69) is 15.9 Å². The molecule has 2 aliphatic heterocycles. The van der Waals surface area contributed by atoms with Crippen molar-refractivity contribution in [1.29, 1.82) is 5.26 Å². The van der Waals surface area contributed by atoms with E-state index in [-0.39, 0.29) is 22.8 Å². The van der Waals surface area contributed by atoms with Crippen LogP contribution in [0.3, 0.4) is 0 Å². The minimum atomic E-state index is -0.336. The fourth-order valence-electron chi connectivity index (χ4n) is 5.85. The first-order valence-corrected chi connectivity index (χ1v) is 16.3. The number of pyridine rings is 1. The number of hydrogen-bond acceptors (Lipinski definition) is 9. The molecule has 5 rings (SSSR count). The normalized spacial score (nSPS) is 15.9. The highest BCUT2D eigenvalue weighted by Crippen LogP contribution is 2.37. The molecule has 0 unspecified atom stereocenters. The van der Waals surface area contributed by atoms with Gasteiger partial charge in [-0.3, -0.25) is 19.1 Å². The Balaban J connectivity index is 1.46. The lowest BCUT2D eigenvalue weighted by molar-refractivity contribution is -0.122. The van der Waals surface area contributed by atoms with Gasteiger partial charge in [-0.1, -0.05) is 37.0 Å². The van der Waals surface area contributed by atoms with Gasteiger partial charge in [0.05, 0.1) is 19.1 Å². The number of thioether (sulfide) groups is 1. The Hall–Kier alpha value is -4.34. The Morgan fingerprint density at radius 2 is 1.67 bits per heavy atom. The highest BCUT2D eigenvalue weighted by Gasteiger charge is 2.33. The number of amides is 1. The van der Waals surface area contributed by atoms with Crippen LogP contribution in [0.4, 0.5) is 15.9 Å². The van der Waals surface area contributed by atoms with E-state index in [0.29, 0.717) is 89.8 Å². The number of ether oxygens (including phenoxy) is 2. The van der Waals surface area contributed by atoms with Gasteiger partial charge in [-0.05, 0) is 73.4 Å². The fourth-order valence-corrected chi connectivity index (χ4v) is 7.14. The Morgan fingerprint density at radius 3 is 2.30 bits per heavy atom. The Kier molecular flexibility index (Phi) is 10.3. The van der Waals surface area contributed by atoms with E-state index in [1.807, 2.05) is 25.1 Å². The molecule has 2 fully saturated rings. The number of nitrogens with zero attached hydrogens (tertiary/aromatic N) is 5. The number of piperazine rings is 1. The summed E-state index contributed by atoms with van der Waals surface area (Å²) in [5.74, 6) is 1.44. The second-order valence-electron chi connectivity index (χ2n) is 11.0. The van der Waals surface area contributed by atoms with Gasteiger partial charge in [0.25, 0.3) is 11.5 Å². The maximum Gasteiger partial charge on any atom is 0.270 e. The van der Waals surface area contributed by atoms with Crippen LogP contribution in [-0.4, -0.2) is 66.6 Å². The molecule has 2 saturated heterocycles. The third kappa shape index (κ3) is 6.62. The minimum absolute atomic E-state index is 0.0670. The van der Waals surface area contributed by atoms with Gasteiger partial charge in [0.2, 0.25) is 0 Å². The van der Waals surface area contributed by atoms with Crippen LogP contribution in [0.5, 0.6) is 11.5 Å². The van der Waals surface area contributed by atoms with Crippen molar-refractivity contribution in [3.63, 3.8) is 0 Å². The smallest absolute Gasteiger partial charge is 0.270 e. The van der Waals surface area contributed by atoms with Crippen LogP contribution >= 0.6 is 24.0 Å². The van der Waals surface area contributed by atoms with Crippen molar-refractivity contribution in [2.24, 2.45) is 0 Å². The van der Waals surface area contributed by atoms with Crippen molar-refractivity contribution in [1.82, 2.24) is 9.47 Å². The molecular weight excluding hydrogens is 626 g/mol.